The molecular weight excluding hydrogens is 160 g/mol. The van der Waals surface area contributed by atoms with Gasteiger partial charge in [-0.1, -0.05) is 12.1 Å². The molecule has 0 saturated carbocycles. The SMILES string of the molecule is CN[C@H](C)c1ccc(N(C)C)cc1. The van der Waals surface area contributed by atoms with Crippen LogP contribution in [0.3, 0.4) is 0 Å². The summed E-state index contributed by atoms with van der Waals surface area (Å²) in [5, 5.41) is 3.22. The van der Waals surface area contributed by atoms with Crippen LogP contribution in [-0.4, -0.2) is 21.1 Å². The molecule has 0 aliphatic carbocycles. The van der Waals surface area contributed by atoms with E-state index in [1.165, 1.54) is 11.3 Å². The van der Waals surface area contributed by atoms with Crippen molar-refractivity contribution in [1.29, 1.82) is 0 Å². The predicted octanol–water partition coefficient (Wildman–Crippen LogP) is 2.03. The summed E-state index contributed by atoms with van der Waals surface area (Å²) in [6.07, 6.45) is 0. The number of anilines is 1. The zero-order valence-corrected chi connectivity index (χ0v) is 8.83. The molecule has 1 atom stereocenters. The molecule has 0 aliphatic rings. The Hall–Kier alpha value is -1.02. The van der Waals surface area contributed by atoms with Crippen LogP contribution in [0.25, 0.3) is 0 Å². The second kappa shape index (κ2) is 4.28. The van der Waals surface area contributed by atoms with Gasteiger partial charge in [-0.25, -0.2) is 0 Å². The topological polar surface area (TPSA) is 15.3 Å². The Kier molecular flexibility index (Phi) is 3.32. The fourth-order valence-electron chi connectivity index (χ4n) is 1.23. The largest absolute Gasteiger partial charge is 0.378 e. The highest BCUT2D eigenvalue weighted by atomic mass is 15.1. The van der Waals surface area contributed by atoms with Crippen molar-refractivity contribution in [3.63, 3.8) is 0 Å². The molecule has 0 aliphatic heterocycles. The van der Waals surface area contributed by atoms with Gasteiger partial charge in [-0.2, -0.15) is 0 Å². The van der Waals surface area contributed by atoms with Crippen LogP contribution in [0.1, 0.15) is 18.5 Å². The third kappa shape index (κ3) is 2.46. The zero-order valence-electron chi connectivity index (χ0n) is 8.83. The molecule has 2 heteroatoms. The molecule has 0 spiro atoms. The van der Waals surface area contributed by atoms with Crippen LogP contribution in [0.4, 0.5) is 5.69 Å². The Bertz CT molecular complexity index is 251. The molecule has 0 radical (unpaired) electrons. The molecule has 0 aromatic heterocycles. The van der Waals surface area contributed by atoms with Crippen molar-refractivity contribution < 1.29 is 0 Å². The maximum absolute atomic E-state index is 3.22. The lowest BCUT2D eigenvalue weighted by molar-refractivity contribution is 0.652. The van der Waals surface area contributed by atoms with Crippen molar-refractivity contribution in [2.24, 2.45) is 0 Å². The summed E-state index contributed by atoms with van der Waals surface area (Å²) in [7, 11) is 6.08. The first-order chi connectivity index (χ1) is 6.15. The van der Waals surface area contributed by atoms with Crippen molar-refractivity contribution in [3.05, 3.63) is 29.8 Å². The summed E-state index contributed by atoms with van der Waals surface area (Å²) in [5.41, 5.74) is 2.57. The lowest BCUT2D eigenvalue weighted by Crippen LogP contribution is -2.13. The highest BCUT2D eigenvalue weighted by Crippen LogP contribution is 2.16. The number of rotatable bonds is 3. The van der Waals surface area contributed by atoms with E-state index in [4.69, 9.17) is 0 Å². The van der Waals surface area contributed by atoms with Crippen molar-refractivity contribution in [1.82, 2.24) is 5.32 Å². The van der Waals surface area contributed by atoms with E-state index in [0.717, 1.165) is 0 Å². The molecule has 13 heavy (non-hydrogen) atoms. The number of hydrogen-bond acceptors (Lipinski definition) is 2. The molecule has 0 unspecified atom stereocenters. The molecule has 1 aromatic carbocycles. The van der Waals surface area contributed by atoms with E-state index in [2.05, 4.69) is 55.5 Å². The number of benzene rings is 1. The summed E-state index contributed by atoms with van der Waals surface area (Å²) in [5.74, 6) is 0. The highest BCUT2D eigenvalue weighted by Gasteiger charge is 2.01. The first kappa shape index (κ1) is 10.1. The summed E-state index contributed by atoms with van der Waals surface area (Å²) in [4.78, 5) is 2.10. The third-order valence-electron chi connectivity index (χ3n) is 2.34. The van der Waals surface area contributed by atoms with E-state index >= 15 is 0 Å². The van der Waals surface area contributed by atoms with E-state index in [1.807, 2.05) is 7.05 Å². The van der Waals surface area contributed by atoms with E-state index < -0.39 is 0 Å². The van der Waals surface area contributed by atoms with Crippen molar-refractivity contribution in [2.75, 3.05) is 26.0 Å². The monoisotopic (exact) mass is 178 g/mol. The predicted molar refractivity (Wildman–Crippen MR) is 58.2 cm³/mol. The molecule has 72 valence electrons. The quantitative estimate of drug-likeness (QED) is 0.762. The van der Waals surface area contributed by atoms with E-state index in [9.17, 15) is 0 Å². The van der Waals surface area contributed by atoms with E-state index in [1.54, 1.807) is 0 Å². The molecule has 0 saturated heterocycles. The van der Waals surface area contributed by atoms with Crippen molar-refractivity contribution in [3.8, 4) is 0 Å². The first-order valence-corrected chi connectivity index (χ1v) is 4.59. The van der Waals surface area contributed by atoms with Crippen molar-refractivity contribution >= 4 is 5.69 Å². The summed E-state index contributed by atoms with van der Waals surface area (Å²) in [6.45, 7) is 2.16. The van der Waals surface area contributed by atoms with Gasteiger partial charge in [0.05, 0.1) is 0 Å². The molecular formula is C11H18N2. The summed E-state index contributed by atoms with van der Waals surface area (Å²) < 4.78 is 0. The maximum Gasteiger partial charge on any atom is 0.0361 e. The van der Waals surface area contributed by atoms with Gasteiger partial charge in [0, 0.05) is 25.8 Å². The minimum atomic E-state index is 0.427. The lowest BCUT2D eigenvalue weighted by Gasteiger charge is -2.15. The van der Waals surface area contributed by atoms with Gasteiger partial charge < -0.3 is 10.2 Å². The van der Waals surface area contributed by atoms with E-state index in [0.29, 0.717) is 6.04 Å². The Morgan fingerprint density at radius 2 is 1.69 bits per heavy atom. The van der Waals surface area contributed by atoms with Crippen LogP contribution in [0.5, 0.6) is 0 Å². The second-order valence-electron chi connectivity index (χ2n) is 3.50. The lowest BCUT2D eigenvalue weighted by atomic mass is 10.1. The fourth-order valence-corrected chi connectivity index (χ4v) is 1.23. The Balaban J connectivity index is 2.81. The first-order valence-electron chi connectivity index (χ1n) is 4.59. The Labute approximate surface area is 80.6 Å². The van der Waals surface area contributed by atoms with Gasteiger partial charge in [0.1, 0.15) is 0 Å². The molecule has 0 fully saturated rings. The van der Waals surface area contributed by atoms with Crippen molar-refractivity contribution in [2.45, 2.75) is 13.0 Å². The average molecular weight is 178 g/mol. The zero-order chi connectivity index (χ0) is 9.84. The van der Waals surface area contributed by atoms with E-state index in [-0.39, 0.29) is 0 Å². The van der Waals surface area contributed by atoms with Crippen LogP contribution in [0, 0.1) is 0 Å². The van der Waals surface area contributed by atoms with Crippen LogP contribution in [0.2, 0.25) is 0 Å². The molecule has 0 bridgehead atoms. The van der Waals surface area contributed by atoms with Gasteiger partial charge in [0.15, 0.2) is 0 Å². The van der Waals surface area contributed by atoms with Crippen LogP contribution < -0.4 is 10.2 Å². The van der Waals surface area contributed by atoms with Crippen LogP contribution in [0.15, 0.2) is 24.3 Å². The fraction of sp³-hybridized carbons (Fsp3) is 0.455. The average Bonchev–Trinajstić information content (AvgIpc) is 2.17. The smallest absolute Gasteiger partial charge is 0.0361 e. The molecule has 2 nitrogen and oxygen atoms in total. The molecule has 0 amide bonds. The number of nitrogens with one attached hydrogen (secondary N) is 1. The number of hydrogen-bond donors (Lipinski definition) is 1. The standard InChI is InChI=1S/C11H18N2/c1-9(12-2)10-5-7-11(8-6-10)13(3)4/h5-9,12H,1-4H3/t9-/m1/s1. The van der Waals surface area contributed by atoms with Gasteiger partial charge >= 0.3 is 0 Å². The molecule has 1 rings (SSSR count). The Morgan fingerprint density at radius 3 is 2.08 bits per heavy atom. The van der Waals surface area contributed by atoms with Gasteiger partial charge in [-0.15, -0.1) is 0 Å². The van der Waals surface area contributed by atoms with Gasteiger partial charge in [0.25, 0.3) is 0 Å². The third-order valence-corrected chi connectivity index (χ3v) is 2.34. The molecule has 1 aromatic rings. The minimum absolute atomic E-state index is 0.427. The maximum atomic E-state index is 3.22. The van der Waals surface area contributed by atoms with Gasteiger partial charge in [0.2, 0.25) is 0 Å². The summed E-state index contributed by atoms with van der Waals surface area (Å²) >= 11 is 0. The van der Waals surface area contributed by atoms with Crippen LogP contribution >= 0.6 is 0 Å². The minimum Gasteiger partial charge on any atom is -0.378 e. The number of nitrogens with zero attached hydrogens (tertiary/aromatic N) is 1. The normalized spacial score (nSPS) is 12.6. The van der Waals surface area contributed by atoms with Crippen LogP contribution in [-0.2, 0) is 0 Å². The Morgan fingerprint density at radius 1 is 1.15 bits per heavy atom. The molecule has 0 heterocycles. The molecule has 1 N–H and O–H groups in total. The van der Waals surface area contributed by atoms with Gasteiger partial charge in [-0.05, 0) is 31.7 Å². The van der Waals surface area contributed by atoms with Gasteiger partial charge in [-0.3, -0.25) is 0 Å². The second-order valence-corrected chi connectivity index (χ2v) is 3.50. The highest BCUT2D eigenvalue weighted by molar-refractivity contribution is 5.46. The summed E-state index contributed by atoms with van der Waals surface area (Å²) in [6, 6.07) is 9.04.